The lowest BCUT2D eigenvalue weighted by Crippen LogP contribution is -1.94. The van der Waals surface area contributed by atoms with Gasteiger partial charge in [-0.2, -0.15) is 0 Å². The maximum Gasteiger partial charge on any atom is 0.347 e. The van der Waals surface area contributed by atoms with Crippen LogP contribution in [0.5, 0.6) is 5.75 Å². The third-order valence-corrected chi connectivity index (χ3v) is 3.83. The average molecular weight is 263 g/mol. The quantitative estimate of drug-likeness (QED) is 0.924. The predicted molar refractivity (Wildman–Crippen MR) is 70.5 cm³/mol. The van der Waals surface area contributed by atoms with Crippen molar-refractivity contribution in [1.82, 2.24) is 4.98 Å². The summed E-state index contributed by atoms with van der Waals surface area (Å²) in [5.41, 5.74) is 2.46. The van der Waals surface area contributed by atoms with Gasteiger partial charge in [-0.25, -0.2) is 9.78 Å². The molecular weight excluding hydrogens is 250 g/mol. The van der Waals surface area contributed by atoms with Gasteiger partial charge in [0, 0.05) is 5.56 Å². The van der Waals surface area contributed by atoms with Crippen LogP contribution in [0.25, 0.3) is 10.6 Å². The van der Waals surface area contributed by atoms with Crippen molar-refractivity contribution in [3.8, 4) is 16.3 Å². The molecule has 0 saturated heterocycles. The Kier molecular flexibility index (Phi) is 3.34. The molecule has 0 bridgehead atoms. The van der Waals surface area contributed by atoms with E-state index in [4.69, 9.17) is 9.84 Å². The van der Waals surface area contributed by atoms with Gasteiger partial charge in [0.25, 0.3) is 0 Å². The van der Waals surface area contributed by atoms with E-state index >= 15 is 0 Å². The fourth-order valence-electron chi connectivity index (χ4n) is 1.73. The summed E-state index contributed by atoms with van der Waals surface area (Å²) in [6, 6.07) is 5.69. The van der Waals surface area contributed by atoms with E-state index in [-0.39, 0.29) is 0 Å². The van der Waals surface area contributed by atoms with E-state index < -0.39 is 5.97 Å². The molecule has 5 heteroatoms. The Morgan fingerprint density at radius 1 is 1.39 bits per heavy atom. The number of benzene rings is 1. The molecule has 4 nitrogen and oxygen atoms in total. The van der Waals surface area contributed by atoms with Crippen molar-refractivity contribution >= 4 is 17.3 Å². The van der Waals surface area contributed by atoms with Crippen LogP contribution < -0.4 is 4.74 Å². The van der Waals surface area contributed by atoms with Crippen molar-refractivity contribution in [3.63, 3.8) is 0 Å². The number of aryl methyl sites for hydroxylation is 2. The van der Waals surface area contributed by atoms with E-state index in [1.165, 1.54) is 11.3 Å². The van der Waals surface area contributed by atoms with E-state index in [1.807, 2.05) is 25.1 Å². The first kappa shape index (κ1) is 12.6. The molecule has 1 heterocycles. The molecule has 0 fully saturated rings. The van der Waals surface area contributed by atoms with Crippen LogP contribution in [0.1, 0.15) is 20.9 Å². The van der Waals surface area contributed by atoms with E-state index in [0.29, 0.717) is 10.6 Å². The number of rotatable bonds is 3. The number of thiazole rings is 1. The fourth-order valence-corrected chi connectivity index (χ4v) is 2.63. The number of carboxylic acid groups (broad SMARTS) is 1. The monoisotopic (exact) mass is 263 g/mol. The first-order chi connectivity index (χ1) is 8.52. The molecule has 0 amide bonds. The van der Waals surface area contributed by atoms with Crippen LogP contribution in [0.2, 0.25) is 0 Å². The molecule has 0 radical (unpaired) electrons. The minimum atomic E-state index is -0.929. The Hall–Kier alpha value is -1.88. The summed E-state index contributed by atoms with van der Waals surface area (Å²) in [5.74, 6) is -0.119. The number of aromatic carboxylic acids is 1. The van der Waals surface area contributed by atoms with Crippen LogP contribution in [-0.2, 0) is 0 Å². The van der Waals surface area contributed by atoms with Crippen molar-refractivity contribution in [2.45, 2.75) is 13.8 Å². The van der Waals surface area contributed by atoms with Gasteiger partial charge in [0.1, 0.15) is 15.6 Å². The van der Waals surface area contributed by atoms with Gasteiger partial charge in [0.05, 0.1) is 12.8 Å². The van der Waals surface area contributed by atoms with Gasteiger partial charge in [0.2, 0.25) is 0 Å². The second-order valence-corrected chi connectivity index (χ2v) is 4.92. The van der Waals surface area contributed by atoms with E-state index in [9.17, 15) is 4.79 Å². The van der Waals surface area contributed by atoms with Gasteiger partial charge in [-0.15, -0.1) is 11.3 Å². The van der Waals surface area contributed by atoms with Crippen LogP contribution >= 0.6 is 11.3 Å². The lowest BCUT2D eigenvalue weighted by atomic mass is 10.1. The normalized spacial score (nSPS) is 10.4. The number of methoxy groups -OCH3 is 1. The van der Waals surface area contributed by atoms with Crippen LogP contribution in [0.4, 0.5) is 0 Å². The molecule has 1 N–H and O–H groups in total. The molecule has 0 saturated carbocycles. The molecule has 0 aliphatic rings. The number of aromatic nitrogens is 1. The number of hydrogen-bond donors (Lipinski definition) is 1. The lowest BCUT2D eigenvalue weighted by Gasteiger charge is -2.05. The van der Waals surface area contributed by atoms with Crippen molar-refractivity contribution in [3.05, 3.63) is 34.3 Å². The molecule has 0 aliphatic heterocycles. The Labute approximate surface area is 109 Å². The van der Waals surface area contributed by atoms with E-state index in [0.717, 1.165) is 21.9 Å². The van der Waals surface area contributed by atoms with Crippen LogP contribution in [0.15, 0.2) is 18.2 Å². The Morgan fingerprint density at radius 2 is 2.11 bits per heavy atom. The third-order valence-electron chi connectivity index (χ3n) is 2.63. The summed E-state index contributed by atoms with van der Waals surface area (Å²) in [7, 11) is 1.62. The van der Waals surface area contributed by atoms with Gasteiger partial charge in [-0.1, -0.05) is 0 Å². The lowest BCUT2D eigenvalue weighted by molar-refractivity contribution is 0.0701. The summed E-state index contributed by atoms with van der Waals surface area (Å²) in [5, 5.41) is 9.73. The zero-order chi connectivity index (χ0) is 13.3. The van der Waals surface area contributed by atoms with Crippen LogP contribution in [0, 0.1) is 13.8 Å². The van der Waals surface area contributed by atoms with Crippen LogP contribution in [0.3, 0.4) is 0 Å². The van der Waals surface area contributed by atoms with Gasteiger partial charge in [-0.05, 0) is 37.6 Å². The number of nitrogens with zero attached hydrogens (tertiary/aromatic N) is 1. The molecule has 0 atom stereocenters. The standard InChI is InChI=1S/C13H13NO3S/c1-7-6-9(4-5-10(7)17-3)12-14-8(2)11(18-12)13(15)16/h4-6H,1-3H3,(H,15,16). The molecule has 1 aromatic carbocycles. The van der Waals surface area contributed by atoms with E-state index in [2.05, 4.69) is 4.98 Å². The highest BCUT2D eigenvalue weighted by atomic mass is 32.1. The zero-order valence-corrected chi connectivity index (χ0v) is 11.2. The maximum atomic E-state index is 11.0. The third kappa shape index (κ3) is 2.22. The molecule has 0 unspecified atom stereocenters. The molecule has 2 aromatic rings. The van der Waals surface area contributed by atoms with Crippen molar-refractivity contribution in [2.24, 2.45) is 0 Å². The van der Waals surface area contributed by atoms with Crippen LogP contribution in [-0.4, -0.2) is 23.2 Å². The number of carboxylic acids is 1. The number of ether oxygens (including phenoxy) is 1. The van der Waals surface area contributed by atoms with Crippen molar-refractivity contribution in [1.29, 1.82) is 0 Å². The number of hydrogen-bond acceptors (Lipinski definition) is 4. The average Bonchev–Trinajstić information content (AvgIpc) is 2.71. The number of carbonyl (C=O) groups is 1. The first-order valence-corrected chi connectivity index (χ1v) is 6.20. The van der Waals surface area contributed by atoms with E-state index in [1.54, 1.807) is 14.0 Å². The summed E-state index contributed by atoms with van der Waals surface area (Å²) < 4.78 is 5.19. The maximum absolute atomic E-state index is 11.0. The molecule has 18 heavy (non-hydrogen) atoms. The Morgan fingerprint density at radius 3 is 2.61 bits per heavy atom. The smallest absolute Gasteiger partial charge is 0.347 e. The second kappa shape index (κ2) is 4.78. The predicted octanol–water partition coefficient (Wildman–Crippen LogP) is 3.13. The summed E-state index contributed by atoms with van der Waals surface area (Å²) in [6.07, 6.45) is 0. The fraction of sp³-hybridized carbons (Fsp3) is 0.231. The van der Waals surface area contributed by atoms with Crippen molar-refractivity contribution < 1.29 is 14.6 Å². The highest BCUT2D eigenvalue weighted by Gasteiger charge is 2.15. The summed E-state index contributed by atoms with van der Waals surface area (Å²) >= 11 is 1.19. The van der Waals surface area contributed by atoms with Gasteiger partial charge < -0.3 is 9.84 Å². The molecule has 94 valence electrons. The summed E-state index contributed by atoms with van der Waals surface area (Å²) in [4.78, 5) is 15.6. The van der Waals surface area contributed by atoms with Crippen molar-refractivity contribution in [2.75, 3.05) is 7.11 Å². The molecule has 1 aromatic heterocycles. The largest absolute Gasteiger partial charge is 0.496 e. The van der Waals surface area contributed by atoms with Gasteiger partial charge >= 0.3 is 5.97 Å². The SMILES string of the molecule is COc1ccc(-c2nc(C)c(C(=O)O)s2)cc1C. The first-order valence-electron chi connectivity index (χ1n) is 5.38. The summed E-state index contributed by atoms with van der Waals surface area (Å²) in [6.45, 7) is 3.65. The topological polar surface area (TPSA) is 59.4 Å². The highest BCUT2D eigenvalue weighted by molar-refractivity contribution is 7.17. The van der Waals surface area contributed by atoms with Gasteiger partial charge in [0.15, 0.2) is 0 Å². The Balaban J connectivity index is 2.46. The highest BCUT2D eigenvalue weighted by Crippen LogP contribution is 2.30. The molecular formula is C13H13NO3S. The Bertz CT molecular complexity index is 604. The minimum Gasteiger partial charge on any atom is -0.496 e. The zero-order valence-electron chi connectivity index (χ0n) is 10.4. The molecule has 0 spiro atoms. The minimum absolute atomic E-state index is 0.290. The molecule has 0 aliphatic carbocycles. The molecule has 2 rings (SSSR count). The second-order valence-electron chi connectivity index (χ2n) is 3.92. The van der Waals surface area contributed by atoms with Gasteiger partial charge in [-0.3, -0.25) is 0 Å².